The van der Waals surface area contributed by atoms with Crippen LogP contribution in [0.4, 0.5) is 0 Å². The van der Waals surface area contributed by atoms with E-state index in [1.807, 2.05) is 42.7 Å². The van der Waals surface area contributed by atoms with Crippen LogP contribution in [0.5, 0.6) is 0 Å². The molecule has 152 valence electrons. The average molecular weight is 399 g/mol. The third-order valence-corrected chi connectivity index (χ3v) is 5.42. The predicted molar refractivity (Wildman–Crippen MR) is 118 cm³/mol. The van der Waals surface area contributed by atoms with Crippen molar-refractivity contribution in [2.45, 2.75) is 39.0 Å². The second-order valence-electron chi connectivity index (χ2n) is 7.38. The van der Waals surface area contributed by atoms with Crippen molar-refractivity contribution in [1.29, 1.82) is 0 Å². The molecule has 3 aromatic heterocycles. The number of aryl methyl sites for hydroxylation is 1. The topological polar surface area (TPSA) is 67.5 Å². The van der Waals surface area contributed by atoms with Gasteiger partial charge in [0.1, 0.15) is 0 Å². The molecule has 1 aromatic carbocycles. The normalized spacial score (nSPS) is 11.1. The van der Waals surface area contributed by atoms with Crippen molar-refractivity contribution in [2.24, 2.45) is 0 Å². The lowest BCUT2D eigenvalue weighted by Crippen LogP contribution is -2.06. The molecule has 0 saturated heterocycles. The van der Waals surface area contributed by atoms with Gasteiger partial charge < -0.3 is 5.11 Å². The zero-order valence-corrected chi connectivity index (χ0v) is 17.1. The number of unbranched alkanes of at least 4 members (excludes halogenated alkanes) is 1. The zero-order chi connectivity index (χ0) is 20.9. The summed E-state index contributed by atoms with van der Waals surface area (Å²) in [6.07, 6.45) is 6.91. The van der Waals surface area contributed by atoms with Gasteiger partial charge >= 0.3 is 5.97 Å². The Hall–Kier alpha value is -3.47. The number of benzene rings is 1. The maximum Gasteiger partial charge on any atom is 0.303 e. The fourth-order valence-corrected chi connectivity index (χ4v) is 3.97. The minimum atomic E-state index is -0.750. The van der Waals surface area contributed by atoms with E-state index in [2.05, 4.69) is 40.7 Å². The van der Waals surface area contributed by atoms with Crippen LogP contribution in [0.3, 0.4) is 0 Å². The van der Waals surface area contributed by atoms with Gasteiger partial charge in [0.15, 0.2) is 0 Å². The highest BCUT2D eigenvalue weighted by Gasteiger charge is 2.19. The van der Waals surface area contributed by atoms with Crippen molar-refractivity contribution in [3.8, 4) is 22.4 Å². The van der Waals surface area contributed by atoms with E-state index in [0.29, 0.717) is 6.42 Å². The van der Waals surface area contributed by atoms with Gasteiger partial charge in [0, 0.05) is 35.6 Å². The minimum Gasteiger partial charge on any atom is -0.481 e. The number of rotatable bonds is 8. The largest absolute Gasteiger partial charge is 0.481 e. The Bertz CT molecular complexity index is 1150. The summed E-state index contributed by atoms with van der Waals surface area (Å²) in [5.41, 5.74) is 7.67. The Labute approximate surface area is 176 Å². The van der Waals surface area contributed by atoms with Crippen molar-refractivity contribution in [3.05, 3.63) is 78.2 Å². The Morgan fingerprint density at radius 1 is 0.967 bits per heavy atom. The minimum absolute atomic E-state index is 0.187. The summed E-state index contributed by atoms with van der Waals surface area (Å²) in [6, 6.07) is 18.6. The van der Waals surface area contributed by atoms with E-state index in [1.54, 1.807) is 0 Å². The summed E-state index contributed by atoms with van der Waals surface area (Å²) in [5.74, 6) is -0.750. The van der Waals surface area contributed by atoms with Gasteiger partial charge in [0.25, 0.3) is 0 Å². The van der Waals surface area contributed by atoms with Gasteiger partial charge in [-0.15, -0.1) is 0 Å². The quantitative estimate of drug-likeness (QED) is 0.402. The van der Waals surface area contributed by atoms with Crippen molar-refractivity contribution in [3.63, 3.8) is 0 Å². The molecule has 0 atom stereocenters. The molecule has 30 heavy (non-hydrogen) atoms. The number of hydrogen-bond acceptors (Lipinski definition) is 3. The van der Waals surface area contributed by atoms with E-state index in [0.717, 1.165) is 58.4 Å². The van der Waals surface area contributed by atoms with Crippen LogP contribution < -0.4 is 0 Å². The standard InChI is InChI=1S/C25H25N3O2/c1-2-20-12-13-22-24(18-14-16-26-17-15-18)21(10-6-7-11-23(29)30)25(27-28(20)22)19-8-4-3-5-9-19/h3-5,8-9,12-17H,2,6-7,10-11H2,1H3,(H,29,30). The summed E-state index contributed by atoms with van der Waals surface area (Å²) >= 11 is 0. The number of carboxylic acid groups (broad SMARTS) is 1. The lowest BCUT2D eigenvalue weighted by atomic mass is 9.92. The lowest BCUT2D eigenvalue weighted by Gasteiger charge is -2.18. The first kappa shape index (κ1) is 19.8. The SMILES string of the molecule is CCc1ccc2c(-c3ccncc3)c(CCCCC(=O)O)c(-c3ccccc3)nn12. The summed E-state index contributed by atoms with van der Waals surface area (Å²) < 4.78 is 2.05. The molecule has 3 heterocycles. The monoisotopic (exact) mass is 399 g/mol. The lowest BCUT2D eigenvalue weighted by molar-refractivity contribution is -0.137. The highest BCUT2D eigenvalue weighted by molar-refractivity contribution is 5.87. The third kappa shape index (κ3) is 3.96. The molecule has 5 nitrogen and oxygen atoms in total. The molecule has 4 rings (SSSR count). The molecule has 0 radical (unpaired) electrons. The van der Waals surface area contributed by atoms with Gasteiger partial charge in [-0.3, -0.25) is 9.78 Å². The summed E-state index contributed by atoms with van der Waals surface area (Å²) in [4.78, 5) is 15.2. The van der Waals surface area contributed by atoms with Crippen LogP contribution in [0, 0.1) is 0 Å². The van der Waals surface area contributed by atoms with E-state index < -0.39 is 5.97 Å². The maximum atomic E-state index is 11.0. The van der Waals surface area contributed by atoms with Crippen LogP contribution in [0.1, 0.15) is 37.4 Å². The first-order valence-electron chi connectivity index (χ1n) is 10.4. The van der Waals surface area contributed by atoms with Gasteiger partial charge in [0.2, 0.25) is 0 Å². The molecule has 5 heteroatoms. The highest BCUT2D eigenvalue weighted by Crippen LogP contribution is 2.36. The van der Waals surface area contributed by atoms with Crippen LogP contribution in [0.25, 0.3) is 27.9 Å². The van der Waals surface area contributed by atoms with Crippen LogP contribution in [0.2, 0.25) is 0 Å². The number of aliphatic carboxylic acids is 1. The van der Waals surface area contributed by atoms with Crippen LogP contribution in [0.15, 0.2) is 67.0 Å². The van der Waals surface area contributed by atoms with E-state index in [-0.39, 0.29) is 6.42 Å². The number of pyridine rings is 1. The number of nitrogens with zero attached hydrogens (tertiary/aromatic N) is 3. The Morgan fingerprint density at radius 3 is 2.43 bits per heavy atom. The molecular formula is C25H25N3O2. The van der Waals surface area contributed by atoms with Gasteiger partial charge in [0.05, 0.1) is 11.2 Å². The zero-order valence-electron chi connectivity index (χ0n) is 17.1. The van der Waals surface area contributed by atoms with E-state index in [4.69, 9.17) is 10.2 Å². The van der Waals surface area contributed by atoms with E-state index in [9.17, 15) is 4.79 Å². The van der Waals surface area contributed by atoms with Gasteiger partial charge in [-0.25, -0.2) is 4.52 Å². The third-order valence-electron chi connectivity index (χ3n) is 5.42. The fraction of sp³-hybridized carbons (Fsp3) is 0.240. The van der Waals surface area contributed by atoms with Gasteiger partial charge in [-0.2, -0.15) is 5.10 Å². The van der Waals surface area contributed by atoms with Crippen molar-refractivity contribution < 1.29 is 9.90 Å². The molecule has 0 spiro atoms. The van der Waals surface area contributed by atoms with Crippen LogP contribution in [-0.4, -0.2) is 25.7 Å². The molecule has 0 amide bonds. The van der Waals surface area contributed by atoms with Gasteiger partial charge in [-0.05, 0) is 61.1 Å². The maximum absolute atomic E-state index is 11.0. The molecular weight excluding hydrogens is 374 g/mol. The Balaban J connectivity index is 1.94. The second kappa shape index (κ2) is 8.91. The number of carbonyl (C=O) groups is 1. The molecule has 1 N–H and O–H groups in total. The van der Waals surface area contributed by atoms with Crippen molar-refractivity contribution in [2.75, 3.05) is 0 Å². The Morgan fingerprint density at radius 2 is 1.73 bits per heavy atom. The smallest absolute Gasteiger partial charge is 0.303 e. The van der Waals surface area contributed by atoms with E-state index in [1.165, 1.54) is 0 Å². The molecule has 0 saturated carbocycles. The first-order chi connectivity index (χ1) is 14.7. The molecule has 0 unspecified atom stereocenters. The number of carboxylic acids is 1. The van der Waals surface area contributed by atoms with Crippen LogP contribution in [-0.2, 0) is 17.6 Å². The van der Waals surface area contributed by atoms with Gasteiger partial charge in [-0.1, -0.05) is 37.3 Å². The summed E-state index contributed by atoms with van der Waals surface area (Å²) in [6.45, 7) is 2.14. The number of hydrogen-bond donors (Lipinski definition) is 1. The first-order valence-corrected chi connectivity index (χ1v) is 10.4. The molecule has 0 aliphatic rings. The molecule has 0 aliphatic heterocycles. The molecule has 0 bridgehead atoms. The molecule has 4 aromatic rings. The number of aromatic nitrogens is 3. The van der Waals surface area contributed by atoms with Crippen molar-refractivity contribution in [1.82, 2.24) is 14.6 Å². The number of fused-ring (bicyclic) bond motifs is 1. The highest BCUT2D eigenvalue weighted by atomic mass is 16.4. The Kier molecular flexibility index (Phi) is 5.89. The average Bonchev–Trinajstić information content (AvgIpc) is 3.19. The van der Waals surface area contributed by atoms with Crippen molar-refractivity contribution >= 4 is 11.5 Å². The fourth-order valence-electron chi connectivity index (χ4n) is 3.97. The second-order valence-corrected chi connectivity index (χ2v) is 7.38. The molecule has 0 aliphatic carbocycles. The van der Waals surface area contributed by atoms with Crippen LogP contribution >= 0.6 is 0 Å². The predicted octanol–water partition coefficient (Wildman–Crippen LogP) is 5.42. The summed E-state index contributed by atoms with van der Waals surface area (Å²) in [5, 5.41) is 14.1. The van der Waals surface area contributed by atoms with E-state index >= 15 is 0 Å². The molecule has 0 fully saturated rings. The summed E-state index contributed by atoms with van der Waals surface area (Å²) in [7, 11) is 0.